The summed E-state index contributed by atoms with van der Waals surface area (Å²) in [6, 6.07) is 9.89. The quantitative estimate of drug-likeness (QED) is 0.0437. The van der Waals surface area contributed by atoms with E-state index in [0.29, 0.717) is 11.9 Å². The monoisotopic (exact) mass is 799 g/mol. The molecule has 56 heavy (non-hydrogen) atoms. The number of pyridine rings is 1. The van der Waals surface area contributed by atoms with Gasteiger partial charge in [-0.1, -0.05) is 103 Å². The van der Waals surface area contributed by atoms with Crippen molar-refractivity contribution >= 4 is 19.2 Å². The minimum Gasteiger partial charge on any atom is -0.469 e. The lowest BCUT2D eigenvalue weighted by Crippen LogP contribution is -2.43. The van der Waals surface area contributed by atoms with Crippen LogP contribution in [-0.4, -0.2) is 83.3 Å². The summed E-state index contributed by atoms with van der Waals surface area (Å²) in [5.74, 6) is 0.0983. The first kappa shape index (κ1) is 45.0. The van der Waals surface area contributed by atoms with Crippen LogP contribution in [-0.2, 0) is 24.2 Å². The highest BCUT2D eigenvalue weighted by atomic mass is 31.2. The van der Waals surface area contributed by atoms with Crippen molar-refractivity contribution in [2.75, 3.05) is 18.9 Å². The number of nitrogens with zero attached hydrogens (tertiary/aromatic N) is 6. The summed E-state index contributed by atoms with van der Waals surface area (Å²) in [6.07, 6.45) is 14.7. The molecule has 0 aromatic carbocycles. The van der Waals surface area contributed by atoms with Crippen molar-refractivity contribution in [2.24, 2.45) is 0 Å². The molecule has 0 amide bonds. The molecule has 17 heteroatoms. The lowest BCUT2D eigenvalue weighted by Gasteiger charge is -2.30. The summed E-state index contributed by atoms with van der Waals surface area (Å²) in [6.45, 7) is 1.80. The minimum absolute atomic E-state index is 0.0319. The Balaban J connectivity index is 1.38. The topological polar surface area (TPSA) is 252 Å². The molecule has 1 aliphatic rings. The first-order valence-corrected chi connectivity index (χ1v) is 21.4. The summed E-state index contributed by atoms with van der Waals surface area (Å²) in [5.41, 5.74) is 4.61. The van der Waals surface area contributed by atoms with E-state index in [9.17, 15) is 35.1 Å². The van der Waals surface area contributed by atoms with Gasteiger partial charge in [-0.05, 0) is 24.6 Å². The van der Waals surface area contributed by atoms with Crippen molar-refractivity contribution in [3.05, 3.63) is 48.0 Å². The molecule has 1 fully saturated rings. The lowest BCUT2D eigenvalue weighted by molar-refractivity contribution is -0.0986. The summed E-state index contributed by atoms with van der Waals surface area (Å²) in [5, 5.41) is 46.7. The second-order valence-corrected chi connectivity index (χ2v) is 15.7. The van der Waals surface area contributed by atoms with Crippen LogP contribution in [0.1, 0.15) is 127 Å². The number of anilines is 1. The van der Waals surface area contributed by atoms with Crippen LogP contribution >= 0.6 is 7.82 Å². The van der Waals surface area contributed by atoms with E-state index in [1.165, 1.54) is 112 Å². The normalized spacial score (nSPS) is 20.8. The van der Waals surface area contributed by atoms with Gasteiger partial charge in [-0.25, -0.2) is 19.0 Å². The summed E-state index contributed by atoms with van der Waals surface area (Å²) >= 11 is 0. The van der Waals surface area contributed by atoms with E-state index < -0.39 is 50.6 Å². The predicted molar refractivity (Wildman–Crippen MR) is 207 cm³/mol. The number of nitrogens with two attached hydrogens (primary N) is 1. The van der Waals surface area contributed by atoms with Crippen molar-refractivity contribution < 1.29 is 43.3 Å². The third-order valence-electron chi connectivity index (χ3n) is 10.2. The van der Waals surface area contributed by atoms with Gasteiger partial charge in [-0.15, -0.1) is 0 Å². The number of aliphatic hydroxyl groups excluding tert-OH is 2. The molecule has 3 aromatic heterocycles. The van der Waals surface area contributed by atoms with Crippen molar-refractivity contribution in [1.29, 1.82) is 10.5 Å². The molecule has 6 atom stereocenters. The van der Waals surface area contributed by atoms with Gasteiger partial charge in [-0.3, -0.25) is 4.52 Å². The first-order chi connectivity index (χ1) is 27.0. The number of phosphoric acid groups is 1. The molecular formula is C39H58N7O9P. The van der Waals surface area contributed by atoms with E-state index in [1.54, 1.807) is 6.07 Å². The van der Waals surface area contributed by atoms with Crippen LogP contribution < -0.4 is 10.5 Å². The molecule has 1 saturated heterocycles. The molecule has 0 bridgehead atoms. The Morgan fingerprint density at radius 2 is 1.55 bits per heavy atom. The fourth-order valence-corrected chi connectivity index (χ4v) is 7.47. The number of aromatic nitrogens is 4. The van der Waals surface area contributed by atoms with Gasteiger partial charge in [0.2, 0.25) is 11.5 Å². The van der Waals surface area contributed by atoms with Gasteiger partial charge in [0.25, 0.3) is 0 Å². The van der Waals surface area contributed by atoms with E-state index in [2.05, 4.69) is 22.0 Å². The van der Waals surface area contributed by atoms with Gasteiger partial charge in [0.1, 0.15) is 30.1 Å². The molecule has 4 heterocycles. The summed E-state index contributed by atoms with van der Waals surface area (Å²) in [7, 11) is -4.99. The molecule has 308 valence electrons. The number of nitrogen functional groups attached to an aromatic ring is 1. The van der Waals surface area contributed by atoms with Crippen molar-refractivity contribution in [3.63, 3.8) is 0 Å². The van der Waals surface area contributed by atoms with Crippen molar-refractivity contribution in [1.82, 2.24) is 19.6 Å². The number of phosphoric ester groups is 1. The zero-order valence-electron chi connectivity index (χ0n) is 32.3. The van der Waals surface area contributed by atoms with Gasteiger partial charge in [-0.2, -0.15) is 15.6 Å². The van der Waals surface area contributed by atoms with Gasteiger partial charge in [0.05, 0.1) is 36.1 Å². The highest BCUT2D eigenvalue weighted by Gasteiger charge is 2.58. The smallest absolute Gasteiger partial charge is 0.469 e. The molecule has 4 rings (SSSR count). The number of hydrogen-bond donors (Lipinski definition) is 5. The molecule has 0 aliphatic carbocycles. The fourth-order valence-electron chi connectivity index (χ4n) is 7.13. The van der Waals surface area contributed by atoms with Crippen LogP contribution in [0.4, 0.5) is 5.82 Å². The number of rotatable bonds is 27. The maximum absolute atomic E-state index is 11.8. The van der Waals surface area contributed by atoms with Crippen LogP contribution in [0.25, 0.3) is 5.52 Å². The zero-order valence-corrected chi connectivity index (χ0v) is 33.2. The summed E-state index contributed by atoms with van der Waals surface area (Å²) < 4.78 is 36.5. The molecule has 0 spiro atoms. The van der Waals surface area contributed by atoms with E-state index in [1.807, 2.05) is 12.1 Å². The van der Waals surface area contributed by atoms with E-state index >= 15 is 0 Å². The van der Waals surface area contributed by atoms with E-state index in [0.717, 1.165) is 19.3 Å². The Morgan fingerprint density at radius 1 is 0.929 bits per heavy atom. The van der Waals surface area contributed by atoms with Gasteiger partial charge >= 0.3 is 7.82 Å². The zero-order chi connectivity index (χ0) is 40.4. The maximum Gasteiger partial charge on any atom is 0.469 e. The Kier molecular flexibility index (Phi) is 18.4. The number of ether oxygens (including phenoxy) is 3. The average molecular weight is 800 g/mol. The van der Waals surface area contributed by atoms with E-state index in [-0.39, 0.29) is 36.0 Å². The maximum atomic E-state index is 11.8. The Morgan fingerprint density at radius 3 is 2.14 bits per heavy atom. The summed E-state index contributed by atoms with van der Waals surface area (Å²) in [4.78, 5) is 27.3. The third-order valence-corrected chi connectivity index (χ3v) is 10.7. The highest BCUT2D eigenvalue weighted by Crippen LogP contribution is 2.42. The standard InChI is InChI=1S/C39H58N7O9P/c1-2-3-4-5-6-7-8-9-10-11-12-13-14-15-16-17-22-52-31(33(26-53-56(49,50)51)54-35-23-29(25-40)20-21-43-35)24-32-36(47)37(48)39(27-41,55-32)34-19-18-30-38(42)44-28-45-46(30)34/h18-21,23,28,31-33,36-37,47-48H,2-17,22,24,26H2,1H3,(H2,42,44,45)(H2,49,50,51)/t31?,32-,33-,36-,37-,39+/m1/s1. The molecule has 3 aromatic rings. The first-order valence-electron chi connectivity index (χ1n) is 19.9. The Labute approximate surface area is 329 Å². The highest BCUT2D eigenvalue weighted by molar-refractivity contribution is 7.46. The molecule has 1 aliphatic heterocycles. The third kappa shape index (κ3) is 13.2. The van der Waals surface area contributed by atoms with Crippen molar-refractivity contribution in [3.8, 4) is 18.0 Å². The molecule has 0 radical (unpaired) electrons. The minimum atomic E-state index is -4.99. The largest absolute Gasteiger partial charge is 0.469 e. The second-order valence-electron chi connectivity index (χ2n) is 14.5. The van der Waals surface area contributed by atoms with Crippen LogP contribution in [0.3, 0.4) is 0 Å². The number of hydrogen-bond acceptors (Lipinski definition) is 13. The van der Waals surface area contributed by atoms with E-state index in [4.69, 9.17) is 24.5 Å². The van der Waals surface area contributed by atoms with Gasteiger partial charge < -0.3 is 39.9 Å². The van der Waals surface area contributed by atoms with Crippen LogP contribution in [0, 0.1) is 22.7 Å². The Bertz CT molecular complexity index is 1760. The number of unbranched alkanes of at least 4 members (excludes halogenated alkanes) is 15. The molecule has 6 N–H and O–H groups in total. The lowest BCUT2D eigenvalue weighted by atomic mass is 9.91. The number of fused-ring (bicyclic) bond motifs is 1. The van der Waals surface area contributed by atoms with Crippen LogP contribution in [0.15, 0.2) is 36.8 Å². The second kappa shape index (κ2) is 22.9. The average Bonchev–Trinajstić information content (AvgIpc) is 3.73. The Hall–Kier alpha value is -3.70. The van der Waals surface area contributed by atoms with Gasteiger partial charge in [0.15, 0.2) is 11.9 Å². The fraction of sp³-hybridized carbons (Fsp3) is 0.667. The SMILES string of the molecule is CCCCCCCCCCCCCCCCCCOC(C[C@H]1O[C@@](C#N)(c2ccc3c(N)ncnn23)[C@H](O)[C@@H]1O)[C@@H](COP(=O)(O)O)Oc1cc(C#N)ccn1. The van der Waals surface area contributed by atoms with Crippen LogP contribution in [0.2, 0.25) is 0 Å². The molecule has 16 nitrogen and oxygen atoms in total. The van der Waals surface area contributed by atoms with Crippen molar-refractivity contribution in [2.45, 2.75) is 152 Å². The van der Waals surface area contributed by atoms with Crippen LogP contribution in [0.5, 0.6) is 5.88 Å². The number of nitriles is 2. The number of aliphatic hydroxyl groups is 2. The molecule has 1 unspecified atom stereocenters. The molecule has 0 saturated carbocycles. The predicted octanol–water partition coefficient (Wildman–Crippen LogP) is 6.01. The molecular weight excluding hydrogens is 741 g/mol. The van der Waals surface area contributed by atoms with Gasteiger partial charge in [0, 0.05) is 25.3 Å².